The second-order valence-corrected chi connectivity index (χ2v) is 5.98. The van der Waals surface area contributed by atoms with E-state index in [1.165, 1.54) is 17.8 Å². The minimum Gasteiger partial charge on any atom is -0.480 e. The highest BCUT2D eigenvalue weighted by molar-refractivity contribution is 5.86. The number of nitrogens with zero attached hydrogens (tertiary/aromatic N) is 4. The lowest BCUT2D eigenvalue weighted by Crippen LogP contribution is -2.39. The summed E-state index contributed by atoms with van der Waals surface area (Å²) >= 11 is 0. The average Bonchev–Trinajstić information content (AvgIpc) is 3.14. The molecule has 0 aromatic carbocycles. The molecule has 2 aromatic heterocycles. The van der Waals surface area contributed by atoms with Gasteiger partial charge in [0, 0.05) is 0 Å². The van der Waals surface area contributed by atoms with Gasteiger partial charge in [-0.05, 0) is 6.92 Å². The molecule has 1 fully saturated rings. The lowest BCUT2D eigenvalue weighted by molar-refractivity contribution is -0.140. The number of ether oxygens (including phenoxy) is 1. The Labute approximate surface area is 146 Å². The molecule has 3 rings (SSSR count). The van der Waals surface area contributed by atoms with E-state index in [0.29, 0.717) is 0 Å². The molecule has 6 N–H and O–H groups in total. The van der Waals surface area contributed by atoms with Crippen molar-refractivity contribution in [3.8, 4) is 0 Å². The first-order valence-electron chi connectivity index (χ1n) is 7.82. The number of anilines is 1. The number of imidazole rings is 1. The second kappa shape index (κ2) is 7.09. The summed E-state index contributed by atoms with van der Waals surface area (Å²) in [5.74, 6) is -1.19. The highest BCUT2D eigenvalue weighted by Gasteiger charge is 2.44. The van der Waals surface area contributed by atoms with Crippen molar-refractivity contribution in [3.63, 3.8) is 0 Å². The molecule has 1 saturated heterocycles. The zero-order valence-electron chi connectivity index (χ0n) is 13.7. The van der Waals surface area contributed by atoms with Crippen LogP contribution in [0.2, 0.25) is 0 Å². The SMILES string of the molecule is CC(O)[C@H](Nc1ncnc2c1ncn2[C@@H]1O[C@H](CO)[C@H](O)C1O)C(=O)O. The predicted molar refractivity (Wildman–Crippen MR) is 85.1 cm³/mol. The molecule has 0 aliphatic carbocycles. The Morgan fingerprint density at radius 3 is 2.65 bits per heavy atom. The number of fused-ring (bicyclic) bond motifs is 1. The number of aliphatic hydroxyl groups is 4. The van der Waals surface area contributed by atoms with Crippen LogP contribution in [0.1, 0.15) is 13.2 Å². The van der Waals surface area contributed by atoms with Gasteiger partial charge >= 0.3 is 5.97 Å². The van der Waals surface area contributed by atoms with Gasteiger partial charge in [-0.1, -0.05) is 0 Å². The van der Waals surface area contributed by atoms with Gasteiger partial charge in [-0.15, -0.1) is 0 Å². The van der Waals surface area contributed by atoms with E-state index in [2.05, 4.69) is 20.3 Å². The van der Waals surface area contributed by atoms with Crippen molar-refractivity contribution in [2.45, 2.75) is 43.6 Å². The molecule has 0 radical (unpaired) electrons. The molecule has 2 unspecified atom stereocenters. The maximum Gasteiger partial charge on any atom is 0.328 e. The summed E-state index contributed by atoms with van der Waals surface area (Å²) in [4.78, 5) is 23.4. The molecule has 0 amide bonds. The zero-order chi connectivity index (χ0) is 19.0. The summed E-state index contributed by atoms with van der Waals surface area (Å²) in [6.45, 7) is 0.847. The summed E-state index contributed by atoms with van der Waals surface area (Å²) in [5.41, 5.74) is 0.407. The first-order valence-corrected chi connectivity index (χ1v) is 7.82. The van der Waals surface area contributed by atoms with Crippen LogP contribution in [-0.2, 0) is 9.53 Å². The number of carbonyl (C=O) groups is 1. The Kier molecular flexibility index (Phi) is 5.02. The van der Waals surface area contributed by atoms with E-state index in [0.717, 1.165) is 6.33 Å². The van der Waals surface area contributed by atoms with Crippen molar-refractivity contribution in [3.05, 3.63) is 12.7 Å². The highest BCUT2D eigenvalue weighted by Crippen LogP contribution is 2.32. The van der Waals surface area contributed by atoms with E-state index < -0.39 is 49.3 Å². The highest BCUT2D eigenvalue weighted by atomic mass is 16.6. The second-order valence-electron chi connectivity index (χ2n) is 5.98. The minimum absolute atomic E-state index is 0.0776. The normalized spacial score (nSPS) is 28.2. The van der Waals surface area contributed by atoms with E-state index >= 15 is 0 Å². The van der Waals surface area contributed by atoms with Crippen LogP contribution in [0.15, 0.2) is 12.7 Å². The molecular weight excluding hydrogens is 350 g/mol. The van der Waals surface area contributed by atoms with Crippen LogP contribution < -0.4 is 5.32 Å². The molecular formula is C14H19N5O7. The van der Waals surface area contributed by atoms with Crippen LogP contribution in [0.3, 0.4) is 0 Å². The van der Waals surface area contributed by atoms with Gasteiger partial charge in [0.05, 0.1) is 19.0 Å². The fourth-order valence-corrected chi connectivity index (χ4v) is 2.79. The maximum atomic E-state index is 11.2. The molecule has 142 valence electrons. The molecule has 26 heavy (non-hydrogen) atoms. The third kappa shape index (κ3) is 3.08. The number of aromatic nitrogens is 4. The van der Waals surface area contributed by atoms with Crippen LogP contribution in [0.25, 0.3) is 11.2 Å². The van der Waals surface area contributed by atoms with Crippen LogP contribution >= 0.6 is 0 Å². The largest absolute Gasteiger partial charge is 0.480 e. The van der Waals surface area contributed by atoms with E-state index in [4.69, 9.17) is 4.74 Å². The molecule has 0 bridgehead atoms. The van der Waals surface area contributed by atoms with Crippen LogP contribution in [0, 0.1) is 0 Å². The topological polar surface area (TPSA) is 183 Å². The van der Waals surface area contributed by atoms with Crippen molar-refractivity contribution in [2.24, 2.45) is 0 Å². The van der Waals surface area contributed by atoms with Gasteiger partial charge in [-0.25, -0.2) is 19.7 Å². The number of aliphatic carboxylic acids is 1. The predicted octanol–water partition coefficient (Wildman–Crippen LogP) is -2.32. The van der Waals surface area contributed by atoms with Crippen LogP contribution in [0.4, 0.5) is 5.82 Å². The number of hydrogen-bond donors (Lipinski definition) is 6. The van der Waals surface area contributed by atoms with Gasteiger partial charge in [-0.2, -0.15) is 0 Å². The minimum atomic E-state index is -1.32. The molecule has 0 spiro atoms. The van der Waals surface area contributed by atoms with Crippen molar-refractivity contribution in [1.82, 2.24) is 19.5 Å². The standard InChI is InChI=1S/C14H19N5O7/c1-5(21)7(14(24)25)18-11-8-12(16-3-15-11)19(4-17-8)13-10(23)9(22)6(2-20)26-13/h3-7,9-10,13,20-23H,2H2,1H3,(H,24,25)(H,15,16,18)/t5?,6-,7+,9+,10?,13-/m1/s1. The number of hydrogen-bond acceptors (Lipinski definition) is 10. The van der Waals surface area contributed by atoms with Crippen molar-refractivity contribution in [1.29, 1.82) is 0 Å². The third-order valence-electron chi connectivity index (χ3n) is 4.19. The van der Waals surface area contributed by atoms with Crippen molar-refractivity contribution < 1.29 is 35.1 Å². The van der Waals surface area contributed by atoms with Crippen LogP contribution in [0.5, 0.6) is 0 Å². The molecule has 12 heteroatoms. The van der Waals surface area contributed by atoms with E-state index in [-0.39, 0.29) is 17.0 Å². The van der Waals surface area contributed by atoms with Gasteiger partial charge in [0.25, 0.3) is 0 Å². The average molecular weight is 369 g/mol. The first-order chi connectivity index (χ1) is 12.3. The quantitative estimate of drug-likeness (QED) is 0.321. The molecule has 1 aliphatic rings. The summed E-state index contributed by atoms with van der Waals surface area (Å²) in [5, 5.41) is 50.6. The Hall–Kier alpha value is -2.38. The summed E-state index contributed by atoms with van der Waals surface area (Å²) in [6.07, 6.45) is -3.34. The smallest absolute Gasteiger partial charge is 0.328 e. The molecule has 12 nitrogen and oxygen atoms in total. The van der Waals surface area contributed by atoms with Gasteiger partial charge in [-0.3, -0.25) is 4.57 Å². The van der Waals surface area contributed by atoms with Crippen molar-refractivity contribution >= 4 is 23.0 Å². The lowest BCUT2D eigenvalue weighted by Gasteiger charge is -2.18. The van der Waals surface area contributed by atoms with E-state index in [1.807, 2.05) is 0 Å². The van der Waals surface area contributed by atoms with Crippen molar-refractivity contribution in [2.75, 3.05) is 11.9 Å². The summed E-state index contributed by atoms with van der Waals surface area (Å²) in [6, 6.07) is -1.31. The number of aliphatic hydroxyl groups excluding tert-OH is 4. The monoisotopic (exact) mass is 369 g/mol. The van der Waals surface area contributed by atoms with Gasteiger partial charge in [0.1, 0.15) is 24.6 Å². The molecule has 6 atom stereocenters. The van der Waals surface area contributed by atoms with E-state index in [9.17, 15) is 30.3 Å². The Bertz CT molecular complexity index is 797. The van der Waals surface area contributed by atoms with Crippen LogP contribution in [-0.4, -0.2) is 88.1 Å². The lowest BCUT2D eigenvalue weighted by atomic mass is 10.1. The molecule has 0 saturated carbocycles. The number of carboxylic acids is 1. The van der Waals surface area contributed by atoms with Gasteiger partial charge < -0.3 is 35.6 Å². The molecule has 3 heterocycles. The fraction of sp³-hybridized carbons (Fsp3) is 0.571. The van der Waals surface area contributed by atoms with Gasteiger partial charge in [0.2, 0.25) is 0 Å². The number of carboxylic acid groups (broad SMARTS) is 1. The molecule has 2 aromatic rings. The summed E-state index contributed by atoms with van der Waals surface area (Å²) < 4.78 is 6.79. The van der Waals surface area contributed by atoms with E-state index in [1.54, 1.807) is 0 Å². The Morgan fingerprint density at radius 2 is 2.08 bits per heavy atom. The molecule has 1 aliphatic heterocycles. The number of rotatable bonds is 6. The maximum absolute atomic E-state index is 11.2. The number of nitrogens with one attached hydrogen (secondary N) is 1. The van der Waals surface area contributed by atoms with Gasteiger partial charge in [0.15, 0.2) is 29.3 Å². The Balaban J connectivity index is 1.96. The third-order valence-corrected chi connectivity index (χ3v) is 4.19. The first kappa shape index (κ1) is 18.4. The summed E-state index contributed by atoms with van der Waals surface area (Å²) in [7, 11) is 0. The fourth-order valence-electron chi connectivity index (χ4n) is 2.79. The zero-order valence-corrected chi connectivity index (χ0v) is 13.7. The Morgan fingerprint density at radius 1 is 1.35 bits per heavy atom.